The predicted molar refractivity (Wildman–Crippen MR) is 37.7 cm³/mol. The van der Waals surface area contributed by atoms with Crippen LogP contribution in [-0.4, -0.2) is 31.8 Å². The molecule has 2 N–H and O–H groups in total. The number of esters is 1. The van der Waals surface area contributed by atoms with Crippen molar-refractivity contribution < 1.29 is 23.9 Å². The quantitative estimate of drug-likeness (QED) is 0.317. The lowest BCUT2D eigenvalue weighted by Gasteiger charge is -2.11. The van der Waals surface area contributed by atoms with Gasteiger partial charge in [-0.2, -0.15) is 0 Å². The van der Waals surface area contributed by atoms with Crippen molar-refractivity contribution in [3.8, 4) is 0 Å². The third-order valence-corrected chi connectivity index (χ3v) is 1.02. The summed E-state index contributed by atoms with van der Waals surface area (Å²) in [7, 11) is 0. The molecule has 0 bridgehead atoms. The molecule has 70 valence electrons. The van der Waals surface area contributed by atoms with Gasteiger partial charge < -0.3 is 9.47 Å². The molecule has 0 aromatic rings. The summed E-state index contributed by atoms with van der Waals surface area (Å²) in [5.41, 5.74) is 0. The van der Waals surface area contributed by atoms with Crippen molar-refractivity contribution in [1.29, 1.82) is 0 Å². The van der Waals surface area contributed by atoms with Gasteiger partial charge in [0.1, 0.15) is 19.3 Å². The molecule has 0 heterocycles. The molecule has 0 rings (SSSR count). The van der Waals surface area contributed by atoms with Gasteiger partial charge in [-0.05, 0) is 0 Å². The van der Waals surface area contributed by atoms with E-state index in [4.69, 9.17) is 5.90 Å². The minimum atomic E-state index is -0.612. The Morgan fingerprint density at radius 2 is 2.25 bits per heavy atom. The molecule has 6 nitrogen and oxygen atoms in total. The molecule has 1 unspecified atom stereocenters. The van der Waals surface area contributed by atoms with E-state index in [0.717, 1.165) is 0 Å². The van der Waals surface area contributed by atoms with Gasteiger partial charge in [0.25, 0.3) is 6.47 Å². The Bertz CT molecular complexity index is 149. The van der Waals surface area contributed by atoms with Crippen molar-refractivity contribution in [3.05, 3.63) is 0 Å². The molecule has 0 aliphatic carbocycles. The molecule has 0 spiro atoms. The maximum Gasteiger partial charge on any atom is 0.302 e. The molecule has 0 saturated carbocycles. The first-order valence-corrected chi connectivity index (χ1v) is 3.24. The average molecular weight is 177 g/mol. The number of ether oxygens (including phenoxy) is 2. The standard InChI is InChI=1S/C6H11NO5/c1-5(9)11-3-6(12-7)2-10-4-8/h4,6H,2-3,7H2,1H3. The van der Waals surface area contributed by atoms with Crippen molar-refractivity contribution in [2.45, 2.75) is 13.0 Å². The lowest BCUT2D eigenvalue weighted by Crippen LogP contribution is -2.29. The summed E-state index contributed by atoms with van der Waals surface area (Å²) in [5, 5.41) is 0. The highest BCUT2D eigenvalue weighted by molar-refractivity contribution is 5.65. The summed E-state index contributed by atoms with van der Waals surface area (Å²) < 4.78 is 8.89. The van der Waals surface area contributed by atoms with Crippen LogP contribution in [0.5, 0.6) is 0 Å². The number of rotatable bonds is 6. The average Bonchev–Trinajstić information content (AvgIpc) is 2.05. The maximum atomic E-state index is 10.3. The maximum absolute atomic E-state index is 10.3. The number of hydrogen-bond acceptors (Lipinski definition) is 6. The van der Waals surface area contributed by atoms with Gasteiger partial charge in [-0.15, -0.1) is 0 Å². The van der Waals surface area contributed by atoms with E-state index in [1.807, 2.05) is 0 Å². The Balaban J connectivity index is 3.52. The third kappa shape index (κ3) is 5.63. The van der Waals surface area contributed by atoms with Gasteiger partial charge in [0.05, 0.1) is 0 Å². The molecule has 0 saturated heterocycles. The molecule has 0 amide bonds. The first-order valence-electron chi connectivity index (χ1n) is 3.24. The van der Waals surface area contributed by atoms with Crippen LogP contribution in [0.15, 0.2) is 0 Å². The zero-order valence-electron chi connectivity index (χ0n) is 6.69. The molecule has 1 atom stereocenters. The van der Waals surface area contributed by atoms with Crippen molar-refractivity contribution in [2.75, 3.05) is 13.2 Å². The fraction of sp³-hybridized carbons (Fsp3) is 0.667. The van der Waals surface area contributed by atoms with Crippen LogP contribution in [0, 0.1) is 0 Å². The number of nitrogens with two attached hydrogens (primary N) is 1. The summed E-state index contributed by atoms with van der Waals surface area (Å²) in [4.78, 5) is 24.4. The zero-order chi connectivity index (χ0) is 9.40. The van der Waals surface area contributed by atoms with E-state index in [2.05, 4.69) is 14.3 Å². The fourth-order valence-corrected chi connectivity index (χ4v) is 0.484. The van der Waals surface area contributed by atoms with Gasteiger partial charge >= 0.3 is 5.97 Å². The van der Waals surface area contributed by atoms with Crippen LogP contribution in [0.25, 0.3) is 0 Å². The fourth-order valence-electron chi connectivity index (χ4n) is 0.484. The highest BCUT2D eigenvalue weighted by atomic mass is 16.7. The number of carbonyl (C=O) groups is 2. The topological polar surface area (TPSA) is 87.8 Å². The first kappa shape index (κ1) is 10.9. The zero-order valence-corrected chi connectivity index (χ0v) is 6.69. The second-order valence-corrected chi connectivity index (χ2v) is 1.99. The van der Waals surface area contributed by atoms with Crippen molar-refractivity contribution in [1.82, 2.24) is 0 Å². The van der Waals surface area contributed by atoms with Crippen molar-refractivity contribution in [3.63, 3.8) is 0 Å². The lowest BCUT2D eigenvalue weighted by atomic mass is 10.4. The van der Waals surface area contributed by atoms with Crippen LogP contribution in [0.2, 0.25) is 0 Å². The number of carbonyl (C=O) groups excluding carboxylic acids is 2. The summed E-state index contributed by atoms with van der Waals surface area (Å²) in [6.07, 6.45) is -0.612. The van der Waals surface area contributed by atoms with Crippen LogP contribution >= 0.6 is 0 Å². The lowest BCUT2D eigenvalue weighted by molar-refractivity contribution is -0.148. The SMILES string of the molecule is CC(=O)OCC(COC=O)ON. The van der Waals surface area contributed by atoms with Gasteiger partial charge in [-0.25, -0.2) is 5.90 Å². The summed E-state index contributed by atoms with van der Waals surface area (Å²) in [5.74, 6) is 4.37. The van der Waals surface area contributed by atoms with E-state index in [0.29, 0.717) is 0 Å². The molecule has 0 radical (unpaired) electrons. The van der Waals surface area contributed by atoms with Crippen LogP contribution in [-0.2, 0) is 23.9 Å². The minimum absolute atomic E-state index is 0.0281. The van der Waals surface area contributed by atoms with Crippen LogP contribution in [0.1, 0.15) is 6.92 Å². The number of hydrogen-bond donors (Lipinski definition) is 1. The van der Waals surface area contributed by atoms with Crippen LogP contribution in [0.4, 0.5) is 0 Å². The van der Waals surface area contributed by atoms with Gasteiger partial charge in [0, 0.05) is 6.92 Å². The minimum Gasteiger partial charge on any atom is -0.465 e. The Labute approximate surface area is 69.5 Å². The van der Waals surface area contributed by atoms with E-state index >= 15 is 0 Å². The predicted octanol–water partition coefficient (Wildman–Crippen LogP) is -1.02. The highest BCUT2D eigenvalue weighted by Gasteiger charge is 2.09. The van der Waals surface area contributed by atoms with E-state index in [1.165, 1.54) is 6.92 Å². The molecular formula is C6H11NO5. The molecule has 0 fully saturated rings. The van der Waals surface area contributed by atoms with E-state index < -0.39 is 12.1 Å². The van der Waals surface area contributed by atoms with E-state index in [-0.39, 0.29) is 19.7 Å². The van der Waals surface area contributed by atoms with Crippen molar-refractivity contribution in [2.24, 2.45) is 5.90 Å². The normalized spacial score (nSPS) is 11.8. The molecule has 0 aromatic carbocycles. The monoisotopic (exact) mass is 177 g/mol. The second-order valence-electron chi connectivity index (χ2n) is 1.99. The molecule has 0 aromatic heterocycles. The Morgan fingerprint density at radius 1 is 1.58 bits per heavy atom. The van der Waals surface area contributed by atoms with Crippen LogP contribution < -0.4 is 5.90 Å². The molecule has 6 heteroatoms. The molecule has 12 heavy (non-hydrogen) atoms. The summed E-state index contributed by atoms with van der Waals surface area (Å²) in [6.45, 7) is 1.46. The first-order chi connectivity index (χ1) is 5.70. The highest BCUT2D eigenvalue weighted by Crippen LogP contribution is 1.90. The molecular weight excluding hydrogens is 166 g/mol. The Morgan fingerprint density at radius 3 is 2.67 bits per heavy atom. The summed E-state index contributed by atoms with van der Waals surface area (Å²) >= 11 is 0. The van der Waals surface area contributed by atoms with E-state index in [1.54, 1.807) is 0 Å². The van der Waals surface area contributed by atoms with Crippen molar-refractivity contribution >= 4 is 12.4 Å². The van der Waals surface area contributed by atoms with Gasteiger partial charge in [0.15, 0.2) is 0 Å². The molecule has 0 aliphatic rings. The van der Waals surface area contributed by atoms with Gasteiger partial charge in [0.2, 0.25) is 0 Å². The Hall–Kier alpha value is -1.14. The summed E-state index contributed by atoms with van der Waals surface area (Å²) in [6, 6.07) is 0. The van der Waals surface area contributed by atoms with Gasteiger partial charge in [-0.1, -0.05) is 0 Å². The smallest absolute Gasteiger partial charge is 0.302 e. The second kappa shape index (κ2) is 6.56. The molecule has 0 aliphatic heterocycles. The Kier molecular flexibility index (Phi) is 5.94. The van der Waals surface area contributed by atoms with E-state index in [9.17, 15) is 9.59 Å². The van der Waals surface area contributed by atoms with Gasteiger partial charge in [-0.3, -0.25) is 14.4 Å². The van der Waals surface area contributed by atoms with Crippen LogP contribution in [0.3, 0.4) is 0 Å². The third-order valence-electron chi connectivity index (χ3n) is 1.02. The largest absolute Gasteiger partial charge is 0.465 e.